The summed E-state index contributed by atoms with van der Waals surface area (Å²) < 4.78 is 12.4. The van der Waals surface area contributed by atoms with Crippen molar-refractivity contribution in [3.8, 4) is 22.8 Å². The maximum Gasteiger partial charge on any atom is 0.323 e. The van der Waals surface area contributed by atoms with Crippen LogP contribution < -0.4 is 20.1 Å². The lowest BCUT2D eigenvalue weighted by Crippen LogP contribution is -2.19. The van der Waals surface area contributed by atoms with Crippen molar-refractivity contribution in [3.63, 3.8) is 0 Å². The van der Waals surface area contributed by atoms with Gasteiger partial charge >= 0.3 is 6.03 Å². The third kappa shape index (κ3) is 3.63. The molecule has 4 aromatic rings. The third-order valence-corrected chi connectivity index (χ3v) is 4.96. The Morgan fingerprint density at radius 1 is 1.07 bits per heavy atom. The van der Waals surface area contributed by atoms with Crippen molar-refractivity contribution >= 4 is 33.7 Å². The van der Waals surface area contributed by atoms with Crippen molar-refractivity contribution in [1.29, 1.82) is 0 Å². The van der Waals surface area contributed by atoms with Crippen LogP contribution >= 0.6 is 11.3 Å². The van der Waals surface area contributed by atoms with Crippen LogP contribution in [0.15, 0.2) is 60.2 Å². The molecule has 0 aliphatic heterocycles. The van der Waals surface area contributed by atoms with Crippen LogP contribution in [0.4, 0.5) is 16.2 Å². The number of anilines is 2. The third-order valence-electron chi connectivity index (χ3n) is 4.19. The fourth-order valence-electron chi connectivity index (χ4n) is 2.78. The minimum Gasteiger partial charge on any atom is -0.497 e. The van der Waals surface area contributed by atoms with E-state index >= 15 is 0 Å². The van der Waals surface area contributed by atoms with Gasteiger partial charge in [-0.15, -0.1) is 11.3 Å². The number of thiazole rings is 1. The summed E-state index contributed by atoms with van der Waals surface area (Å²) in [6.45, 7) is 0. The molecule has 8 heteroatoms. The van der Waals surface area contributed by atoms with Crippen LogP contribution in [0.25, 0.3) is 16.2 Å². The Morgan fingerprint density at radius 3 is 2.61 bits per heavy atom. The molecule has 0 saturated heterocycles. The number of amides is 2. The lowest BCUT2D eigenvalue weighted by atomic mass is 10.1. The second-order valence-corrected chi connectivity index (χ2v) is 6.81. The number of ether oxygens (including phenoxy) is 2. The number of hydrogen-bond donors (Lipinski definition) is 2. The molecule has 28 heavy (non-hydrogen) atoms. The number of urea groups is 1. The summed E-state index contributed by atoms with van der Waals surface area (Å²) in [4.78, 5) is 17.8. The fourth-order valence-corrected chi connectivity index (χ4v) is 3.48. The molecule has 0 aliphatic carbocycles. The summed E-state index contributed by atoms with van der Waals surface area (Å²) in [6, 6.07) is 12.4. The van der Waals surface area contributed by atoms with Gasteiger partial charge in [0.1, 0.15) is 11.5 Å². The first-order chi connectivity index (χ1) is 13.7. The van der Waals surface area contributed by atoms with Crippen molar-refractivity contribution in [1.82, 2.24) is 9.38 Å². The molecule has 0 bridgehead atoms. The van der Waals surface area contributed by atoms with E-state index in [1.807, 2.05) is 46.4 Å². The van der Waals surface area contributed by atoms with Crippen LogP contribution in [0.3, 0.4) is 0 Å². The van der Waals surface area contributed by atoms with Crippen LogP contribution in [0.1, 0.15) is 0 Å². The molecule has 0 atom stereocenters. The Bertz CT molecular complexity index is 1090. The van der Waals surface area contributed by atoms with E-state index in [2.05, 4.69) is 15.6 Å². The minimum absolute atomic E-state index is 0.362. The molecular weight excluding hydrogens is 376 g/mol. The first-order valence-electron chi connectivity index (χ1n) is 8.49. The van der Waals surface area contributed by atoms with Crippen LogP contribution in [0, 0.1) is 0 Å². The molecule has 2 heterocycles. The number of imidazole rings is 1. The van der Waals surface area contributed by atoms with Crippen LogP contribution in [-0.2, 0) is 0 Å². The van der Waals surface area contributed by atoms with Gasteiger partial charge < -0.3 is 20.1 Å². The smallest absolute Gasteiger partial charge is 0.323 e. The zero-order valence-electron chi connectivity index (χ0n) is 15.3. The molecule has 0 spiro atoms. The predicted octanol–water partition coefficient (Wildman–Crippen LogP) is 4.72. The highest BCUT2D eigenvalue weighted by Gasteiger charge is 2.10. The van der Waals surface area contributed by atoms with Gasteiger partial charge in [-0.25, -0.2) is 9.78 Å². The molecule has 0 saturated carbocycles. The van der Waals surface area contributed by atoms with Gasteiger partial charge in [0.05, 0.1) is 25.6 Å². The van der Waals surface area contributed by atoms with Gasteiger partial charge in [0.2, 0.25) is 0 Å². The Kier molecular flexibility index (Phi) is 4.86. The number of nitrogens with zero attached hydrogens (tertiary/aromatic N) is 2. The Balaban J connectivity index is 1.44. The first-order valence-corrected chi connectivity index (χ1v) is 9.37. The quantitative estimate of drug-likeness (QED) is 0.513. The van der Waals surface area contributed by atoms with Crippen LogP contribution in [0.2, 0.25) is 0 Å². The van der Waals surface area contributed by atoms with E-state index in [9.17, 15) is 4.79 Å². The first kappa shape index (κ1) is 17.9. The van der Waals surface area contributed by atoms with Gasteiger partial charge in [-0.05, 0) is 24.3 Å². The zero-order chi connectivity index (χ0) is 19.5. The number of carbonyl (C=O) groups is 1. The van der Waals surface area contributed by atoms with Gasteiger partial charge in [-0.3, -0.25) is 4.40 Å². The van der Waals surface area contributed by atoms with Gasteiger partial charge in [-0.2, -0.15) is 0 Å². The monoisotopic (exact) mass is 394 g/mol. The number of fused-ring (bicyclic) bond motifs is 1. The molecule has 2 N–H and O–H groups in total. The summed E-state index contributed by atoms with van der Waals surface area (Å²) in [5.41, 5.74) is 3.11. The molecule has 7 nitrogen and oxygen atoms in total. The number of methoxy groups -OCH3 is 2. The lowest BCUT2D eigenvalue weighted by Gasteiger charge is -2.12. The van der Waals surface area contributed by atoms with Crippen molar-refractivity contribution < 1.29 is 14.3 Å². The number of carbonyl (C=O) groups excluding carboxylic acids is 1. The number of nitrogens with one attached hydrogen (secondary N) is 2. The topological polar surface area (TPSA) is 76.9 Å². The molecule has 2 amide bonds. The Hall–Kier alpha value is -3.52. The summed E-state index contributed by atoms with van der Waals surface area (Å²) in [7, 11) is 3.11. The maximum absolute atomic E-state index is 12.3. The van der Waals surface area contributed by atoms with Gasteiger partial charge in [0, 0.05) is 35.1 Å². The molecule has 0 radical (unpaired) electrons. The predicted molar refractivity (Wildman–Crippen MR) is 111 cm³/mol. The van der Waals surface area contributed by atoms with E-state index in [-0.39, 0.29) is 6.03 Å². The van der Waals surface area contributed by atoms with Gasteiger partial charge in [0.25, 0.3) is 0 Å². The van der Waals surface area contributed by atoms with Crippen molar-refractivity contribution in [2.75, 3.05) is 24.9 Å². The summed E-state index contributed by atoms with van der Waals surface area (Å²) in [6.07, 6.45) is 3.96. The molecule has 142 valence electrons. The number of benzene rings is 2. The van der Waals surface area contributed by atoms with Crippen molar-refractivity contribution in [2.24, 2.45) is 0 Å². The lowest BCUT2D eigenvalue weighted by molar-refractivity contribution is 0.262. The average Bonchev–Trinajstić information content (AvgIpc) is 3.31. The average molecular weight is 394 g/mol. The zero-order valence-corrected chi connectivity index (χ0v) is 16.1. The molecule has 0 fully saturated rings. The maximum atomic E-state index is 12.3. The van der Waals surface area contributed by atoms with E-state index in [4.69, 9.17) is 9.47 Å². The molecule has 0 aliphatic rings. The normalized spacial score (nSPS) is 10.6. The number of rotatable bonds is 5. The van der Waals surface area contributed by atoms with Gasteiger partial charge in [-0.1, -0.05) is 12.1 Å². The SMILES string of the molecule is COc1ccc(NC(=O)Nc2ccc(-c3cn4ccsc4n3)cc2)c(OC)c1. The standard InChI is InChI=1S/C20H18N4O3S/c1-26-15-7-8-16(18(11-15)27-2)22-19(25)21-14-5-3-13(4-6-14)17-12-24-9-10-28-20(24)23-17/h3-12H,1-2H3,(H2,21,22,25). The summed E-state index contributed by atoms with van der Waals surface area (Å²) in [5, 5.41) is 7.58. The minimum atomic E-state index is -0.362. The fraction of sp³-hybridized carbons (Fsp3) is 0.100. The van der Waals surface area contributed by atoms with Crippen molar-refractivity contribution in [3.05, 3.63) is 60.2 Å². The summed E-state index contributed by atoms with van der Waals surface area (Å²) in [5.74, 6) is 1.17. The van der Waals surface area contributed by atoms with Crippen molar-refractivity contribution in [2.45, 2.75) is 0 Å². The number of aromatic nitrogens is 2. The van der Waals surface area contributed by atoms with E-state index < -0.39 is 0 Å². The summed E-state index contributed by atoms with van der Waals surface area (Å²) >= 11 is 1.59. The largest absolute Gasteiger partial charge is 0.497 e. The highest BCUT2D eigenvalue weighted by molar-refractivity contribution is 7.15. The molecular formula is C20H18N4O3S. The Morgan fingerprint density at radius 2 is 1.89 bits per heavy atom. The second kappa shape index (κ2) is 7.61. The van der Waals surface area contributed by atoms with E-state index in [0.29, 0.717) is 22.9 Å². The molecule has 4 rings (SSSR count). The second-order valence-electron chi connectivity index (χ2n) is 5.94. The Labute approximate surface area is 165 Å². The van der Waals surface area contributed by atoms with Crippen LogP contribution in [-0.4, -0.2) is 29.6 Å². The van der Waals surface area contributed by atoms with E-state index in [0.717, 1.165) is 16.2 Å². The highest BCUT2D eigenvalue weighted by Crippen LogP contribution is 2.29. The molecule has 2 aromatic carbocycles. The van der Waals surface area contributed by atoms with E-state index in [1.165, 1.54) is 7.11 Å². The molecule has 2 aromatic heterocycles. The van der Waals surface area contributed by atoms with Gasteiger partial charge in [0.15, 0.2) is 4.96 Å². The molecule has 0 unspecified atom stereocenters. The number of hydrogen-bond acceptors (Lipinski definition) is 5. The van der Waals surface area contributed by atoms with Crippen LogP contribution in [0.5, 0.6) is 11.5 Å². The van der Waals surface area contributed by atoms with E-state index in [1.54, 1.807) is 36.6 Å². The highest BCUT2D eigenvalue weighted by atomic mass is 32.1.